The Balaban J connectivity index is 1.97. The number of hydrogen-bond acceptors (Lipinski definition) is 3. The van der Waals surface area contributed by atoms with Crippen molar-refractivity contribution in [3.05, 3.63) is 30.2 Å². The zero-order valence-corrected chi connectivity index (χ0v) is 7.87. The lowest BCUT2D eigenvalue weighted by molar-refractivity contribution is -0.138. The van der Waals surface area contributed by atoms with Crippen molar-refractivity contribution < 1.29 is 9.90 Å². The summed E-state index contributed by atoms with van der Waals surface area (Å²) in [7, 11) is 0. The second-order valence-corrected chi connectivity index (χ2v) is 3.76. The van der Waals surface area contributed by atoms with E-state index in [9.17, 15) is 4.79 Å². The fraction of sp³-hybridized carbons (Fsp3) is 0.300. The van der Waals surface area contributed by atoms with E-state index in [-0.39, 0.29) is 11.8 Å². The van der Waals surface area contributed by atoms with Gasteiger partial charge in [-0.1, -0.05) is 6.07 Å². The summed E-state index contributed by atoms with van der Waals surface area (Å²) in [5.41, 5.74) is 0.767. The first-order valence-corrected chi connectivity index (χ1v) is 4.80. The molecule has 2 aromatic rings. The highest BCUT2D eigenvalue weighted by atomic mass is 16.4. The van der Waals surface area contributed by atoms with Crippen LogP contribution in [0.25, 0.3) is 5.65 Å². The van der Waals surface area contributed by atoms with E-state index in [1.165, 1.54) is 0 Å². The molecule has 1 N–H and O–H groups in total. The van der Waals surface area contributed by atoms with Crippen LogP contribution in [0.2, 0.25) is 0 Å². The lowest BCUT2D eigenvalue weighted by atomic mass is 10.3. The van der Waals surface area contributed by atoms with Crippen molar-refractivity contribution in [1.82, 2.24) is 14.6 Å². The van der Waals surface area contributed by atoms with Crippen molar-refractivity contribution in [3.8, 4) is 0 Å². The Kier molecular flexibility index (Phi) is 1.56. The van der Waals surface area contributed by atoms with E-state index in [4.69, 9.17) is 5.11 Å². The highest BCUT2D eigenvalue weighted by molar-refractivity contribution is 5.74. The van der Waals surface area contributed by atoms with E-state index in [2.05, 4.69) is 10.1 Å². The minimum absolute atomic E-state index is 0.00222. The molecule has 1 aliphatic carbocycles. The van der Waals surface area contributed by atoms with Gasteiger partial charge in [-0.25, -0.2) is 9.50 Å². The molecule has 0 spiro atoms. The number of carboxylic acids is 1. The molecule has 2 aromatic heterocycles. The fourth-order valence-electron chi connectivity index (χ4n) is 1.76. The number of carbonyl (C=O) groups is 1. The number of fused-ring (bicyclic) bond motifs is 1. The molecular weight excluding hydrogens is 194 g/mol. The standard InChI is InChI=1S/C10H9N3O2/c14-10(15)7-5-6(7)9-11-8-3-1-2-4-13(8)12-9/h1-4,6-7H,5H2,(H,14,15). The summed E-state index contributed by atoms with van der Waals surface area (Å²) in [6.45, 7) is 0. The van der Waals surface area contributed by atoms with Gasteiger partial charge in [0.25, 0.3) is 0 Å². The normalized spacial score (nSPS) is 24.3. The summed E-state index contributed by atoms with van der Waals surface area (Å²) in [6.07, 6.45) is 2.47. The van der Waals surface area contributed by atoms with E-state index in [1.807, 2.05) is 24.4 Å². The first kappa shape index (κ1) is 8.40. The minimum atomic E-state index is -0.751. The fourth-order valence-corrected chi connectivity index (χ4v) is 1.76. The third kappa shape index (κ3) is 1.27. The minimum Gasteiger partial charge on any atom is -0.481 e. The zero-order chi connectivity index (χ0) is 10.4. The lowest BCUT2D eigenvalue weighted by Gasteiger charge is -1.87. The highest BCUT2D eigenvalue weighted by Crippen LogP contribution is 2.46. The summed E-state index contributed by atoms with van der Waals surface area (Å²) in [4.78, 5) is 15.0. The first-order chi connectivity index (χ1) is 7.25. The molecule has 2 atom stereocenters. The van der Waals surface area contributed by atoms with Crippen LogP contribution in [-0.4, -0.2) is 25.7 Å². The van der Waals surface area contributed by atoms with Gasteiger partial charge in [0.05, 0.1) is 5.92 Å². The van der Waals surface area contributed by atoms with Crippen LogP contribution in [-0.2, 0) is 4.79 Å². The van der Waals surface area contributed by atoms with Gasteiger partial charge in [0, 0.05) is 12.1 Å². The highest BCUT2D eigenvalue weighted by Gasteiger charge is 2.46. The molecule has 15 heavy (non-hydrogen) atoms. The number of pyridine rings is 1. The van der Waals surface area contributed by atoms with Crippen molar-refractivity contribution in [1.29, 1.82) is 0 Å². The van der Waals surface area contributed by atoms with Gasteiger partial charge in [0.15, 0.2) is 11.5 Å². The molecule has 2 heterocycles. The van der Waals surface area contributed by atoms with Gasteiger partial charge >= 0.3 is 5.97 Å². The van der Waals surface area contributed by atoms with Gasteiger partial charge in [0.2, 0.25) is 0 Å². The molecule has 2 unspecified atom stereocenters. The van der Waals surface area contributed by atoms with E-state index in [0.29, 0.717) is 12.2 Å². The van der Waals surface area contributed by atoms with Gasteiger partial charge in [-0.15, -0.1) is 0 Å². The Labute approximate surface area is 85.4 Å². The van der Waals surface area contributed by atoms with Crippen LogP contribution in [0.5, 0.6) is 0 Å². The Hall–Kier alpha value is -1.91. The van der Waals surface area contributed by atoms with Crippen molar-refractivity contribution in [2.24, 2.45) is 5.92 Å². The molecule has 1 fully saturated rings. The van der Waals surface area contributed by atoms with Crippen LogP contribution in [0.1, 0.15) is 18.2 Å². The van der Waals surface area contributed by atoms with Gasteiger partial charge in [0.1, 0.15) is 0 Å². The molecule has 0 saturated heterocycles. The van der Waals surface area contributed by atoms with Gasteiger partial charge in [-0.2, -0.15) is 5.10 Å². The molecule has 0 amide bonds. The van der Waals surface area contributed by atoms with Crippen LogP contribution < -0.4 is 0 Å². The van der Waals surface area contributed by atoms with Crippen LogP contribution >= 0.6 is 0 Å². The summed E-state index contributed by atoms with van der Waals surface area (Å²) in [6, 6.07) is 5.61. The number of hydrogen-bond donors (Lipinski definition) is 1. The van der Waals surface area contributed by atoms with Gasteiger partial charge in [-0.3, -0.25) is 4.79 Å². The molecule has 1 aliphatic rings. The molecular formula is C10H9N3O2. The smallest absolute Gasteiger partial charge is 0.307 e. The van der Waals surface area contributed by atoms with Crippen LogP contribution in [0, 0.1) is 5.92 Å². The lowest BCUT2D eigenvalue weighted by Crippen LogP contribution is -1.99. The molecule has 0 bridgehead atoms. The molecule has 3 rings (SSSR count). The predicted octanol–water partition coefficient (Wildman–Crippen LogP) is 0.917. The summed E-state index contributed by atoms with van der Waals surface area (Å²) >= 11 is 0. The average molecular weight is 203 g/mol. The van der Waals surface area contributed by atoms with Crippen molar-refractivity contribution in [2.75, 3.05) is 0 Å². The maximum atomic E-state index is 10.7. The monoisotopic (exact) mass is 203 g/mol. The van der Waals surface area contributed by atoms with E-state index in [0.717, 1.165) is 5.65 Å². The summed E-state index contributed by atoms with van der Waals surface area (Å²) < 4.78 is 1.67. The average Bonchev–Trinajstić information content (AvgIpc) is 2.91. The predicted molar refractivity (Wildman–Crippen MR) is 51.5 cm³/mol. The largest absolute Gasteiger partial charge is 0.481 e. The Bertz CT molecular complexity index is 501. The van der Waals surface area contributed by atoms with Crippen molar-refractivity contribution in [2.45, 2.75) is 12.3 Å². The second kappa shape index (κ2) is 2.79. The van der Waals surface area contributed by atoms with E-state index < -0.39 is 5.97 Å². The number of nitrogens with zero attached hydrogens (tertiary/aromatic N) is 3. The summed E-state index contributed by atoms with van der Waals surface area (Å²) in [5, 5.41) is 13.0. The molecule has 0 aromatic carbocycles. The van der Waals surface area contributed by atoms with Crippen LogP contribution in [0.4, 0.5) is 0 Å². The Morgan fingerprint density at radius 3 is 3.07 bits per heavy atom. The topological polar surface area (TPSA) is 67.5 Å². The second-order valence-electron chi connectivity index (χ2n) is 3.76. The van der Waals surface area contributed by atoms with E-state index >= 15 is 0 Å². The molecule has 0 aliphatic heterocycles. The van der Waals surface area contributed by atoms with Crippen molar-refractivity contribution in [3.63, 3.8) is 0 Å². The number of aromatic nitrogens is 3. The molecule has 76 valence electrons. The number of aliphatic carboxylic acids is 1. The zero-order valence-electron chi connectivity index (χ0n) is 7.87. The van der Waals surface area contributed by atoms with Gasteiger partial charge < -0.3 is 5.11 Å². The summed E-state index contributed by atoms with van der Waals surface area (Å²) in [5.74, 6) is -0.391. The van der Waals surface area contributed by atoms with Crippen LogP contribution in [0.15, 0.2) is 24.4 Å². The Morgan fingerprint density at radius 2 is 2.40 bits per heavy atom. The maximum Gasteiger partial charge on any atom is 0.307 e. The quantitative estimate of drug-likeness (QED) is 0.788. The maximum absolute atomic E-state index is 10.7. The van der Waals surface area contributed by atoms with E-state index in [1.54, 1.807) is 4.52 Å². The first-order valence-electron chi connectivity index (χ1n) is 4.80. The molecule has 5 nitrogen and oxygen atoms in total. The number of rotatable bonds is 2. The third-order valence-electron chi connectivity index (χ3n) is 2.70. The van der Waals surface area contributed by atoms with Crippen molar-refractivity contribution >= 4 is 11.6 Å². The number of carboxylic acid groups (broad SMARTS) is 1. The molecule has 5 heteroatoms. The Morgan fingerprint density at radius 1 is 1.53 bits per heavy atom. The van der Waals surface area contributed by atoms with Gasteiger partial charge in [-0.05, 0) is 18.6 Å². The third-order valence-corrected chi connectivity index (χ3v) is 2.70. The van der Waals surface area contributed by atoms with Crippen LogP contribution in [0.3, 0.4) is 0 Å². The SMILES string of the molecule is O=C(O)C1CC1c1nc2ccccn2n1. The molecule has 0 radical (unpaired) electrons. The molecule has 1 saturated carbocycles.